The van der Waals surface area contributed by atoms with Crippen LogP contribution in [0.25, 0.3) is 0 Å². The largest absolute Gasteiger partial charge is 0.386 e. The lowest BCUT2D eigenvalue weighted by atomic mass is 9.84. The molecule has 1 nitrogen and oxygen atoms in total. The first-order valence-electron chi connectivity index (χ1n) is 6.13. The van der Waals surface area contributed by atoms with Crippen LogP contribution in [0.15, 0.2) is 12.3 Å². The second-order valence-electron chi connectivity index (χ2n) is 4.17. The van der Waals surface area contributed by atoms with Crippen molar-refractivity contribution in [3.8, 4) is 0 Å². The van der Waals surface area contributed by atoms with E-state index in [-0.39, 0.29) is 0 Å². The Labute approximate surface area is 90.0 Å². The molecule has 0 aromatic rings. The lowest BCUT2D eigenvalue weighted by Gasteiger charge is -2.34. The van der Waals surface area contributed by atoms with Crippen molar-refractivity contribution in [2.75, 3.05) is 0 Å². The summed E-state index contributed by atoms with van der Waals surface area (Å²) in [6, 6.07) is 0. The van der Waals surface area contributed by atoms with Crippen molar-refractivity contribution in [2.45, 2.75) is 71.8 Å². The molecule has 0 aliphatic carbocycles. The van der Waals surface area contributed by atoms with Crippen molar-refractivity contribution in [3.05, 3.63) is 12.3 Å². The second-order valence-corrected chi connectivity index (χ2v) is 4.17. The first-order chi connectivity index (χ1) is 6.74. The fourth-order valence-electron chi connectivity index (χ4n) is 2.29. The van der Waals surface area contributed by atoms with Crippen LogP contribution >= 0.6 is 0 Å². The van der Waals surface area contributed by atoms with Gasteiger partial charge in [-0.15, -0.1) is 0 Å². The average molecular weight is 197 g/mol. The van der Waals surface area contributed by atoms with Crippen LogP contribution < -0.4 is 5.32 Å². The van der Waals surface area contributed by atoms with Crippen LogP contribution in [0.3, 0.4) is 0 Å². The summed E-state index contributed by atoms with van der Waals surface area (Å²) in [5.41, 5.74) is 0.366. The minimum absolute atomic E-state index is 0.366. The molecule has 0 aliphatic rings. The predicted molar refractivity (Wildman–Crippen MR) is 65.4 cm³/mol. The third-order valence-electron chi connectivity index (χ3n) is 2.74. The van der Waals surface area contributed by atoms with E-state index < -0.39 is 0 Å². The summed E-state index contributed by atoms with van der Waals surface area (Å²) >= 11 is 0. The second kappa shape index (κ2) is 7.90. The molecule has 0 bridgehead atoms. The number of rotatable bonds is 8. The highest BCUT2D eigenvalue weighted by molar-refractivity contribution is 4.92. The molecule has 0 radical (unpaired) electrons. The van der Waals surface area contributed by atoms with Crippen molar-refractivity contribution in [3.63, 3.8) is 0 Å². The molecule has 84 valence electrons. The van der Waals surface area contributed by atoms with Gasteiger partial charge < -0.3 is 5.32 Å². The van der Waals surface area contributed by atoms with Crippen LogP contribution in [0, 0.1) is 0 Å². The zero-order chi connectivity index (χ0) is 10.9. The number of hydrogen-bond acceptors (Lipinski definition) is 1. The van der Waals surface area contributed by atoms with Gasteiger partial charge in [-0.1, -0.05) is 46.1 Å². The van der Waals surface area contributed by atoms with Crippen LogP contribution in [-0.4, -0.2) is 5.54 Å². The summed E-state index contributed by atoms with van der Waals surface area (Å²) in [4.78, 5) is 0. The highest BCUT2D eigenvalue weighted by Gasteiger charge is 2.25. The highest BCUT2D eigenvalue weighted by Crippen LogP contribution is 2.25. The van der Waals surface area contributed by atoms with E-state index in [0.29, 0.717) is 5.54 Å². The minimum atomic E-state index is 0.366. The maximum atomic E-state index is 3.61. The zero-order valence-electron chi connectivity index (χ0n) is 10.4. The molecule has 0 spiro atoms. The topological polar surface area (TPSA) is 12.0 Å². The Morgan fingerprint density at radius 3 is 1.64 bits per heavy atom. The van der Waals surface area contributed by atoms with Crippen molar-refractivity contribution in [2.24, 2.45) is 0 Å². The van der Waals surface area contributed by atoms with E-state index >= 15 is 0 Å². The average Bonchev–Trinajstić information content (AvgIpc) is 2.16. The van der Waals surface area contributed by atoms with E-state index in [2.05, 4.69) is 45.3 Å². The molecule has 0 aromatic heterocycles. The van der Waals surface area contributed by atoms with Crippen molar-refractivity contribution >= 4 is 0 Å². The lowest BCUT2D eigenvalue weighted by molar-refractivity contribution is 0.283. The van der Waals surface area contributed by atoms with E-state index in [4.69, 9.17) is 0 Å². The Bertz CT molecular complexity index is 132. The van der Waals surface area contributed by atoms with Crippen molar-refractivity contribution in [1.29, 1.82) is 0 Å². The molecule has 14 heavy (non-hydrogen) atoms. The molecule has 0 unspecified atom stereocenters. The summed E-state index contributed by atoms with van der Waals surface area (Å²) < 4.78 is 0. The van der Waals surface area contributed by atoms with E-state index in [1.54, 1.807) is 0 Å². The molecule has 0 rings (SSSR count). The Kier molecular flexibility index (Phi) is 7.64. The number of hydrogen-bond donors (Lipinski definition) is 1. The molecule has 1 heteroatoms. The maximum Gasteiger partial charge on any atom is 0.0368 e. The van der Waals surface area contributed by atoms with Gasteiger partial charge >= 0.3 is 0 Å². The standard InChI is InChI=1S/C13H27N/c1-5-9-13(10-6-2,11-7-3)14-12-8-4/h8,12,14H,5-7,9-11H2,1-4H3/b12-8+. The molecule has 0 fully saturated rings. The summed E-state index contributed by atoms with van der Waals surface area (Å²) in [6.45, 7) is 8.90. The molecule has 0 amide bonds. The van der Waals surface area contributed by atoms with Crippen LogP contribution in [0.2, 0.25) is 0 Å². The fraction of sp³-hybridized carbons (Fsp3) is 0.846. The van der Waals surface area contributed by atoms with Gasteiger partial charge in [0.25, 0.3) is 0 Å². The lowest BCUT2D eigenvalue weighted by Crippen LogP contribution is -2.41. The van der Waals surface area contributed by atoms with Gasteiger partial charge in [0.05, 0.1) is 0 Å². The summed E-state index contributed by atoms with van der Waals surface area (Å²) in [6.07, 6.45) is 11.9. The van der Waals surface area contributed by atoms with Gasteiger partial charge in [0.1, 0.15) is 0 Å². The first-order valence-corrected chi connectivity index (χ1v) is 6.13. The summed E-state index contributed by atoms with van der Waals surface area (Å²) in [5.74, 6) is 0. The highest BCUT2D eigenvalue weighted by atomic mass is 14.9. The van der Waals surface area contributed by atoms with Gasteiger partial charge in [0.2, 0.25) is 0 Å². The Balaban J connectivity index is 4.36. The van der Waals surface area contributed by atoms with E-state index in [9.17, 15) is 0 Å². The van der Waals surface area contributed by atoms with Gasteiger partial charge in [-0.3, -0.25) is 0 Å². The van der Waals surface area contributed by atoms with E-state index in [1.165, 1.54) is 38.5 Å². The molecule has 0 atom stereocenters. The van der Waals surface area contributed by atoms with E-state index in [0.717, 1.165) is 0 Å². The summed E-state index contributed by atoms with van der Waals surface area (Å²) in [7, 11) is 0. The normalized spacial score (nSPS) is 12.3. The molecule has 0 saturated heterocycles. The van der Waals surface area contributed by atoms with Crippen LogP contribution in [0.1, 0.15) is 66.2 Å². The molecule has 0 aliphatic heterocycles. The minimum Gasteiger partial charge on any atom is -0.386 e. The predicted octanol–water partition coefficient (Wildman–Crippen LogP) is 4.25. The van der Waals surface area contributed by atoms with Crippen molar-refractivity contribution < 1.29 is 0 Å². The molecular formula is C13H27N. The Hall–Kier alpha value is -0.460. The maximum absolute atomic E-state index is 3.61. The van der Waals surface area contributed by atoms with Gasteiger partial charge in [0, 0.05) is 5.54 Å². The molecule has 0 saturated carbocycles. The monoisotopic (exact) mass is 197 g/mol. The SMILES string of the molecule is C/C=C/NC(CCC)(CCC)CCC. The third-order valence-corrected chi connectivity index (χ3v) is 2.74. The van der Waals surface area contributed by atoms with Gasteiger partial charge in [-0.05, 0) is 32.4 Å². The fourth-order valence-corrected chi connectivity index (χ4v) is 2.29. The summed E-state index contributed by atoms with van der Waals surface area (Å²) in [5, 5.41) is 3.61. The molecule has 0 aromatic carbocycles. The van der Waals surface area contributed by atoms with Gasteiger partial charge in [-0.25, -0.2) is 0 Å². The van der Waals surface area contributed by atoms with Crippen LogP contribution in [0.5, 0.6) is 0 Å². The molecule has 0 heterocycles. The van der Waals surface area contributed by atoms with E-state index in [1.807, 2.05) is 0 Å². The first kappa shape index (κ1) is 13.5. The van der Waals surface area contributed by atoms with Crippen LogP contribution in [0.4, 0.5) is 0 Å². The van der Waals surface area contributed by atoms with Gasteiger partial charge in [-0.2, -0.15) is 0 Å². The molecular weight excluding hydrogens is 170 g/mol. The number of allylic oxidation sites excluding steroid dienone is 1. The quantitative estimate of drug-likeness (QED) is 0.613. The Morgan fingerprint density at radius 2 is 1.36 bits per heavy atom. The zero-order valence-corrected chi connectivity index (χ0v) is 10.4. The Morgan fingerprint density at radius 1 is 0.929 bits per heavy atom. The van der Waals surface area contributed by atoms with Crippen LogP contribution in [-0.2, 0) is 0 Å². The number of nitrogens with one attached hydrogen (secondary N) is 1. The van der Waals surface area contributed by atoms with Crippen molar-refractivity contribution in [1.82, 2.24) is 5.32 Å². The third kappa shape index (κ3) is 4.69. The smallest absolute Gasteiger partial charge is 0.0368 e. The molecule has 1 N–H and O–H groups in total. The van der Waals surface area contributed by atoms with Gasteiger partial charge in [0.15, 0.2) is 0 Å².